The number of hydrogen-bond acceptors (Lipinski definition) is 4. The maximum absolute atomic E-state index is 13.1. The van der Waals surface area contributed by atoms with Crippen LogP contribution in [0.5, 0.6) is 0 Å². The molecule has 25 heavy (non-hydrogen) atoms. The number of rotatable bonds is 4. The van der Waals surface area contributed by atoms with Gasteiger partial charge in [0, 0.05) is 30.1 Å². The van der Waals surface area contributed by atoms with Crippen LogP contribution in [-0.4, -0.2) is 48.4 Å². The zero-order chi connectivity index (χ0) is 17.1. The molecular weight excluding hydrogens is 316 g/mol. The zero-order valence-electron chi connectivity index (χ0n) is 13.9. The summed E-state index contributed by atoms with van der Waals surface area (Å²) in [7, 11) is 0. The molecule has 128 valence electrons. The summed E-state index contributed by atoms with van der Waals surface area (Å²) >= 11 is 0. The van der Waals surface area contributed by atoms with Crippen molar-refractivity contribution in [1.82, 2.24) is 29.9 Å². The summed E-state index contributed by atoms with van der Waals surface area (Å²) < 4.78 is 1.90. The van der Waals surface area contributed by atoms with E-state index in [1.54, 1.807) is 6.20 Å². The number of nitrogens with zero attached hydrogens (tertiary/aromatic N) is 5. The number of hydrogen-bond donors (Lipinski definition) is 1. The summed E-state index contributed by atoms with van der Waals surface area (Å²) in [4.78, 5) is 19.3. The number of likely N-dealkylation sites (tertiary alicyclic amines) is 1. The van der Waals surface area contributed by atoms with E-state index >= 15 is 0 Å². The van der Waals surface area contributed by atoms with Crippen molar-refractivity contribution in [1.29, 1.82) is 0 Å². The Labute approximate surface area is 145 Å². The molecule has 7 nitrogen and oxygen atoms in total. The third-order valence-corrected chi connectivity index (χ3v) is 4.64. The van der Waals surface area contributed by atoms with Crippen molar-refractivity contribution in [2.75, 3.05) is 6.54 Å². The fourth-order valence-corrected chi connectivity index (χ4v) is 3.39. The molecule has 3 heterocycles. The van der Waals surface area contributed by atoms with Crippen molar-refractivity contribution in [3.05, 3.63) is 54.6 Å². The Kier molecular flexibility index (Phi) is 4.28. The number of aromatic nitrogens is 5. The molecule has 1 atom stereocenters. The van der Waals surface area contributed by atoms with E-state index in [4.69, 9.17) is 0 Å². The van der Waals surface area contributed by atoms with E-state index in [9.17, 15) is 4.79 Å². The number of carbonyl (C=O) groups is 1. The number of benzene rings is 1. The first kappa shape index (κ1) is 15.6. The summed E-state index contributed by atoms with van der Waals surface area (Å²) in [6.45, 7) is 1.53. The first-order valence-electron chi connectivity index (χ1n) is 8.55. The van der Waals surface area contributed by atoms with Crippen molar-refractivity contribution in [3.63, 3.8) is 0 Å². The van der Waals surface area contributed by atoms with Gasteiger partial charge in [-0.15, -0.1) is 0 Å². The second kappa shape index (κ2) is 6.88. The lowest BCUT2D eigenvalue weighted by atomic mass is 10.00. The maximum Gasteiger partial charge on any atom is 0.254 e. The molecule has 1 aliphatic heterocycles. The molecule has 1 saturated heterocycles. The standard InChI is InChI=1S/C18H20N6O/c25-18(15-6-3-5-14(11-15)17-19-13-20-22-17)24-10-2-1-7-16(24)12-23-9-4-8-21-23/h3-6,8-9,11,13,16H,1-2,7,10,12H2,(H,19,20,22). The highest BCUT2D eigenvalue weighted by Crippen LogP contribution is 2.23. The van der Waals surface area contributed by atoms with Crippen LogP contribution in [0.25, 0.3) is 11.4 Å². The summed E-state index contributed by atoms with van der Waals surface area (Å²) in [6, 6.07) is 9.64. The predicted octanol–water partition coefficient (Wildman–Crippen LogP) is 2.36. The normalized spacial score (nSPS) is 17.6. The summed E-state index contributed by atoms with van der Waals surface area (Å²) in [5.74, 6) is 0.736. The van der Waals surface area contributed by atoms with Crippen LogP contribution in [0.2, 0.25) is 0 Å². The molecule has 1 fully saturated rings. The molecular formula is C18H20N6O. The Morgan fingerprint density at radius 3 is 3.04 bits per heavy atom. The van der Waals surface area contributed by atoms with Crippen molar-refractivity contribution >= 4 is 5.91 Å². The number of carbonyl (C=O) groups excluding carboxylic acids is 1. The molecule has 1 N–H and O–H groups in total. The molecule has 0 bridgehead atoms. The van der Waals surface area contributed by atoms with E-state index in [1.165, 1.54) is 6.33 Å². The molecule has 0 spiro atoms. The van der Waals surface area contributed by atoms with Gasteiger partial charge < -0.3 is 4.90 Å². The van der Waals surface area contributed by atoms with E-state index in [0.717, 1.165) is 37.9 Å². The van der Waals surface area contributed by atoms with Gasteiger partial charge in [-0.2, -0.15) is 10.2 Å². The highest BCUT2D eigenvalue weighted by molar-refractivity contribution is 5.95. The van der Waals surface area contributed by atoms with Crippen LogP contribution in [-0.2, 0) is 6.54 Å². The number of piperidine rings is 1. The average Bonchev–Trinajstić information content (AvgIpc) is 3.36. The van der Waals surface area contributed by atoms with Gasteiger partial charge in [-0.25, -0.2) is 4.98 Å². The quantitative estimate of drug-likeness (QED) is 0.793. The average molecular weight is 336 g/mol. The molecule has 1 amide bonds. The number of nitrogens with one attached hydrogen (secondary N) is 1. The van der Waals surface area contributed by atoms with Gasteiger partial charge in [0.15, 0.2) is 5.82 Å². The molecule has 1 unspecified atom stereocenters. The van der Waals surface area contributed by atoms with Gasteiger partial charge in [0.25, 0.3) is 5.91 Å². The summed E-state index contributed by atoms with van der Waals surface area (Å²) in [6.07, 6.45) is 8.39. The molecule has 4 rings (SSSR count). The third kappa shape index (κ3) is 3.31. The predicted molar refractivity (Wildman–Crippen MR) is 92.7 cm³/mol. The second-order valence-electron chi connectivity index (χ2n) is 6.29. The van der Waals surface area contributed by atoms with E-state index in [2.05, 4.69) is 20.3 Å². The number of H-pyrrole nitrogens is 1. The molecule has 7 heteroatoms. The van der Waals surface area contributed by atoms with Gasteiger partial charge >= 0.3 is 0 Å². The molecule has 3 aromatic rings. The lowest BCUT2D eigenvalue weighted by Gasteiger charge is -2.36. The first-order valence-corrected chi connectivity index (χ1v) is 8.55. The fraction of sp³-hybridized carbons (Fsp3) is 0.333. The highest BCUT2D eigenvalue weighted by atomic mass is 16.2. The number of aromatic amines is 1. The van der Waals surface area contributed by atoms with Gasteiger partial charge in [0.1, 0.15) is 6.33 Å². The van der Waals surface area contributed by atoms with Crippen LogP contribution in [0.4, 0.5) is 0 Å². The monoisotopic (exact) mass is 336 g/mol. The minimum absolute atomic E-state index is 0.0678. The van der Waals surface area contributed by atoms with Crippen LogP contribution >= 0.6 is 0 Å². The highest BCUT2D eigenvalue weighted by Gasteiger charge is 2.28. The summed E-state index contributed by atoms with van der Waals surface area (Å²) in [5, 5.41) is 11.0. The minimum Gasteiger partial charge on any atom is -0.334 e. The van der Waals surface area contributed by atoms with Crippen molar-refractivity contribution < 1.29 is 4.79 Å². The summed E-state index contributed by atoms with van der Waals surface area (Å²) in [5.41, 5.74) is 1.55. The molecule has 1 aliphatic rings. The smallest absolute Gasteiger partial charge is 0.254 e. The van der Waals surface area contributed by atoms with E-state index < -0.39 is 0 Å². The molecule has 1 aromatic carbocycles. The lowest BCUT2D eigenvalue weighted by molar-refractivity contribution is 0.0584. The Balaban J connectivity index is 1.57. The largest absolute Gasteiger partial charge is 0.334 e. The minimum atomic E-state index is 0.0678. The number of amides is 1. The lowest BCUT2D eigenvalue weighted by Crippen LogP contribution is -2.45. The van der Waals surface area contributed by atoms with E-state index in [1.807, 2.05) is 46.1 Å². The van der Waals surface area contributed by atoms with Gasteiger partial charge in [-0.05, 0) is 37.5 Å². The Bertz CT molecular complexity index is 827. The van der Waals surface area contributed by atoms with Crippen LogP contribution in [0, 0.1) is 0 Å². The van der Waals surface area contributed by atoms with Crippen molar-refractivity contribution in [3.8, 4) is 11.4 Å². The maximum atomic E-state index is 13.1. The van der Waals surface area contributed by atoms with Crippen LogP contribution < -0.4 is 0 Å². The van der Waals surface area contributed by atoms with E-state index in [0.29, 0.717) is 11.4 Å². The van der Waals surface area contributed by atoms with Crippen LogP contribution in [0.3, 0.4) is 0 Å². The second-order valence-corrected chi connectivity index (χ2v) is 6.29. The van der Waals surface area contributed by atoms with Gasteiger partial charge in [0.2, 0.25) is 0 Å². The SMILES string of the molecule is O=C(c1cccc(-c2ncn[nH]2)c1)N1CCCCC1Cn1cccn1. The molecule has 2 aromatic heterocycles. The first-order chi connectivity index (χ1) is 12.3. The third-order valence-electron chi connectivity index (χ3n) is 4.64. The van der Waals surface area contributed by atoms with Crippen LogP contribution in [0.1, 0.15) is 29.6 Å². The van der Waals surface area contributed by atoms with Crippen molar-refractivity contribution in [2.45, 2.75) is 31.8 Å². The molecule has 0 saturated carbocycles. The van der Waals surface area contributed by atoms with Gasteiger partial charge in [-0.3, -0.25) is 14.6 Å². The Morgan fingerprint density at radius 1 is 1.28 bits per heavy atom. The Morgan fingerprint density at radius 2 is 2.24 bits per heavy atom. The van der Waals surface area contributed by atoms with Crippen LogP contribution in [0.15, 0.2) is 49.1 Å². The van der Waals surface area contributed by atoms with E-state index in [-0.39, 0.29) is 11.9 Å². The van der Waals surface area contributed by atoms with Gasteiger partial charge in [0.05, 0.1) is 12.6 Å². The van der Waals surface area contributed by atoms with Crippen molar-refractivity contribution in [2.24, 2.45) is 0 Å². The Hall–Kier alpha value is -2.96. The molecule has 0 radical (unpaired) electrons. The fourth-order valence-electron chi connectivity index (χ4n) is 3.39. The topological polar surface area (TPSA) is 79.7 Å². The van der Waals surface area contributed by atoms with Gasteiger partial charge in [-0.1, -0.05) is 12.1 Å². The zero-order valence-corrected chi connectivity index (χ0v) is 13.9. The molecule has 0 aliphatic carbocycles.